The molecule has 1 fully saturated rings. The molecule has 2 atom stereocenters. The number of nitrogens with one attached hydrogen (secondary N) is 2. The summed E-state index contributed by atoms with van der Waals surface area (Å²) in [4.78, 5) is 0.303. The van der Waals surface area contributed by atoms with E-state index in [-0.39, 0.29) is 12.1 Å². The van der Waals surface area contributed by atoms with Crippen LogP contribution < -0.4 is 15.4 Å². The number of sulfonamides is 1. The van der Waals surface area contributed by atoms with E-state index < -0.39 is 10.0 Å². The molecule has 2 aromatic carbocycles. The fraction of sp³-hybridized carbons (Fsp3) is 0.381. The highest BCUT2D eigenvalue weighted by atomic mass is 32.2. The maximum Gasteiger partial charge on any atom is 0.243 e. The van der Waals surface area contributed by atoms with Gasteiger partial charge in [-0.05, 0) is 87.4 Å². The summed E-state index contributed by atoms with van der Waals surface area (Å²) in [5.41, 5.74) is 1.55. The predicted molar refractivity (Wildman–Crippen MR) is 121 cm³/mol. The van der Waals surface area contributed by atoms with Crippen LogP contribution >= 0.6 is 12.2 Å². The molecule has 2 N–H and O–H groups in total. The normalized spacial score (nSPS) is 20.1. The van der Waals surface area contributed by atoms with Crippen molar-refractivity contribution in [2.75, 3.05) is 17.7 Å². The summed E-state index contributed by atoms with van der Waals surface area (Å²) in [5.74, 6) is 0.767. The van der Waals surface area contributed by atoms with Gasteiger partial charge in [0.25, 0.3) is 0 Å². The minimum atomic E-state index is -3.52. The van der Waals surface area contributed by atoms with Crippen molar-refractivity contribution in [2.24, 2.45) is 0 Å². The maximum atomic E-state index is 13.1. The van der Waals surface area contributed by atoms with Gasteiger partial charge in [-0.2, -0.15) is 4.31 Å². The quantitative estimate of drug-likeness (QED) is 0.679. The zero-order valence-corrected chi connectivity index (χ0v) is 18.5. The smallest absolute Gasteiger partial charge is 0.243 e. The number of methoxy groups -OCH3 is 1. The van der Waals surface area contributed by atoms with Crippen LogP contribution in [0.2, 0.25) is 0 Å². The Kier molecular flexibility index (Phi) is 6.77. The van der Waals surface area contributed by atoms with Crippen LogP contribution in [-0.2, 0) is 10.0 Å². The summed E-state index contributed by atoms with van der Waals surface area (Å²) in [6.45, 7) is 3.96. The molecule has 1 aliphatic heterocycles. The average molecular weight is 434 g/mol. The summed E-state index contributed by atoms with van der Waals surface area (Å²) in [5, 5.41) is 6.58. The Hall–Kier alpha value is -2.16. The van der Waals surface area contributed by atoms with Crippen molar-refractivity contribution in [3.05, 3.63) is 48.5 Å². The lowest BCUT2D eigenvalue weighted by molar-refractivity contribution is 0.204. The molecule has 6 nitrogen and oxygen atoms in total. The first-order valence-corrected chi connectivity index (χ1v) is 11.5. The molecule has 29 heavy (non-hydrogen) atoms. The number of hydrogen-bond acceptors (Lipinski definition) is 4. The van der Waals surface area contributed by atoms with Crippen LogP contribution in [0.3, 0.4) is 0 Å². The lowest BCUT2D eigenvalue weighted by Gasteiger charge is -2.37. The second-order valence-electron chi connectivity index (χ2n) is 7.30. The number of rotatable bonds is 5. The van der Waals surface area contributed by atoms with Crippen molar-refractivity contribution in [2.45, 2.75) is 50.1 Å². The van der Waals surface area contributed by atoms with Gasteiger partial charge in [0.15, 0.2) is 5.11 Å². The van der Waals surface area contributed by atoms with Crippen LogP contribution in [0.5, 0.6) is 5.75 Å². The summed E-state index contributed by atoms with van der Waals surface area (Å²) in [6.07, 6.45) is 2.86. The van der Waals surface area contributed by atoms with Crippen molar-refractivity contribution >= 4 is 38.7 Å². The molecule has 3 rings (SSSR count). The Morgan fingerprint density at radius 1 is 0.966 bits per heavy atom. The number of anilines is 2. The molecule has 2 aromatic rings. The highest BCUT2D eigenvalue weighted by molar-refractivity contribution is 7.89. The van der Waals surface area contributed by atoms with E-state index in [1.807, 2.05) is 38.1 Å². The molecule has 156 valence electrons. The summed E-state index contributed by atoms with van der Waals surface area (Å²) >= 11 is 5.34. The van der Waals surface area contributed by atoms with Crippen LogP contribution in [0.25, 0.3) is 0 Å². The van der Waals surface area contributed by atoms with Gasteiger partial charge in [-0.3, -0.25) is 0 Å². The predicted octanol–water partition coefficient (Wildman–Crippen LogP) is 4.46. The lowest BCUT2D eigenvalue weighted by atomic mass is 10.0. The average Bonchev–Trinajstić information content (AvgIpc) is 2.68. The van der Waals surface area contributed by atoms with Crippen LogP contribution in [0.1, 0.15) is 33.1 Å². The van der Waals surface area contributed by atoms with E-state index in [0.717, 1.165) is 36.4 Å². The molecule has 0 radical (unpaired) electrons. The topological polar surface area (TPSA) is 70.7 Å². The molecular formula is C21H27N3O3S2. The summed E-state index contributed by atoms with van der Waals surface area (Å²) in [7, 11) is -1.90. The van der Waals surface area contributed by atoms with Crippen LogP contribution in [0.15, 0.2) is 53.4 Å². The SMILES string of the molecule is COc1ccc(NC(=S)Nc2ccc(S(=O)(=O)N3C(C)CCCC3C)cc2)cc1. The van der Waals surface area contributed by atoms with Gasteiger partial charge in [0, 0.05) is 23.5 Å². The highest BCUT2D eigenvalue weighted by Gasteiger charge is 2.35. The molecule has 0 saturated carbocycles. The van der Waals surface area contributed by atoms with Gasteiger partial charge < -0.3 is 15.4 Å². The largest absolute Gasteiger partial charge is 0.497 e. The van der Waals surface area contributed by atoms with Gasteiger partial charge in [0.1, 0.15) is 5.75 Å². The molecule has 0 bridgehead atoms. The lowest BCUT2D eigenvalue weighted by Crippen LogP contribution is -2.47. The van der Waals surface area contributed by atoms with Crippen molar-refractivity contribution in [1.29, 1.82) is 0 Å². The molecule has 0 aliphatic carbocycles. The third-order valence-electron chi connectivity index (χ3n) is 5.15. The van der Waals surface area contributed by atoms with Gasteiger partial charge in [0.2, 0.25) is 10.0 Å². The number of hydrogen-bond donors (Lipinski definition) is 2. The van der Waals surface area contributed by atoms with E-state index in [9.17, 15) is 8.42 Å². The molecule has 1 heterocycles. The maximum absolute atomic E-state index is 13.1. The van der Waals surface area contributed by atoms with E-state index in [1.54, 1.807) is 35.7 Å². The van der Waals surface area contributed by atoms with E-state index in [4.69, 9.17) is 17.0 Å². The van der Waals surface area contributed by atoms with Gasteiger partial charge in [-0.15, -0.1) is 0 Å². The van der Waals surface area contributed by atoms with Crippen molar-refractivity contribution < 1.29 is 13.2 Å². The van der Waals surface area contributed by atoms with E-state index >= 15 is 0 Å². The van der Waals surface area contributed by atoms with Crippen LogP contribution in [0.4, 0.5) is 11.4 Å². The Morgan fingerprint density at radius 3 is 1.93 bits per heavy atom. The molecule has 1 saturated heterocycles. The number of nitrogens with zero attached hydrogens (tertiary/aromatic N) is 1. The summed E-state index contributed by atoms with van der Waals surface area (Å²) < 4.78 is 33.0. The molecule has 1 aliphatic rings. The fourth-order valence-electron chi connectivity index (χ4n) is 3.67. The Balaban J connectivity index is 1.66. The molecule has 2 unspecified atom stereocenters. The third kappa shape index (κ3) is 5.07. The first kappa shape index (κ1) is 21.5. The molecule has 0 aromatic heterocycles. The molecule has 0 spiro atoms. The Bertz CT molecular complexity index is 934. The van der Waals surface area contributed by atoms with Crippen LogP contribution in [-0.4, -0.2) is 37.0 Å². The van der Waals surface area contributed by atoms with Gasteiger partial charge in [-0.1, -0.05) is 6.42 Å². The van der Waals surface area contributed by atoms with E-state index in [2.05, 4.69) is 10.6 Å². The second kappa shape index (κ2) is 9.11. The van der Waals surface area contributed by atoms with Gasteiger partial charge in [0.05, 0.1) is 12.0 Å². The first-order valence-electron chi connectivity index (χ1n) is 9.67. The van der Waals surface area contributed by atoms with Crippen LogP contribution in [0, 0.1) is 0 Å². The number of thiocarbonyl (C=S) groups is 1. The van der Waals surface area contributed by atoms with Crippen molar-refractivity contribution in [1.82, 2.24) is 4.31 Å². The fourth-order valence-corrected chi connectivity index (χ4v) is 5.79. The second-order valence-corrected chi connectivity index (χ2v) is 9.55. The van der Waals surface area contributed by atoms with Crippen molar-refractivity contribution in [3.8, 4) is 5.75 Å². The summed E-state index contributed by atoms with van der Waals surface area (Å²) in [6, 6.07) is 14.2. The van der Waals surface area contributed by atoms with Gasteiger partial charge in [-0.25, -0.2) is 8.42 Å². The number of ether oxygens (including phenoxy) is 1. The molecule has 0 amide bonds. The van der Waals surface area contributed by atoms with E-state index in [1.165, 1.54) is 0 Å². The minimum absolute atomic E-state index is 0.0165. The number of piperidine rings is 1. The monoisotopic (exact) mass is 433 g/mol. The molecular weight excluding hydrogens is 406 g/mol. The first-order chi connectivity index (χ1) is 13.8. The zero-order chi connectivity index (χ0) is 21.0. The zero-order valence-electron chi connectivity index (χ0n) is 16.9. The van der Waals surface area contributed by atoms with E-state index in [0.29, 0.717) is 10.0 Å². The number of benzene rings is 2. The van der Waals surface area contributed by atoms with Crippen molar-refractivity contribution in [3.63, 3.8) is 0 Å². The Morgan fingerprint density at radius 2 is 1.45 bits per heavy atom. The molecule has 8 heteroatoms. The standard InChI is InChI=1S/C21H27N3O3S2/c1-15-5-4-6-16(2)24(15)29(25,26)20-13-9-18(10-14-20)23-21(28)22-17-7-11-19(27-3)12-8-17/h7-16H,4-6H2,1-3H3,(H2,22,23,28). The highest BCUT2D eigenvalue weighted by Crippen LogP contribution is 2.30. The minimum Gasteiger partial charge on any atom is -0.497 e. The Labute approximate surface area is 178 Å². The third-order valence-corrected chi connectivity index (χ3v) is 7.49. The van der Waals surface area contributed by atoms with Gasteiger partial charge >= 0.3 is 0 Å².